The van der Waals surface area contributed by atoms with E-state index in [0.29, 0.717) is 22.1 Å². The lowest BCUT2D eigenvalue weighted by Crippen LogP contribution is -2.08. The summed E-state index contributed by atoms with van der Waals surface area (Å²) >= 11 is 1.74. The van der Waals surface area contributed by atoms with Crippen LogP contribution in [0.4, 0.5) is 13.2 Å². The number of alkyl halides is 3. The van der Waals surface area contributed by atoms with Gasteiger partial charge in [-0.1, -0.05) is 32.0 Å². The Morgan fingerprint density at radius 1 is 0.900 bits per heavy atom. The summed E-state index contributed by atoms with van der Waals surface area (Å²) in [6.45, 7) is 6.07. The summed E-state index contributed by atoms with van der Waals surface area (Å²) in [4.78, 5) is 9.44. The Morgan fingerprint density at radius 3 is 2.20 bits per heavy atom. The highest BCUT2D eigenvalue weighted by atomic mass is 32.2. The topological polar surface area (TPSA) is 30.2 Å². The number of thioether (sulfide) groups is 1. The summed E-state index contributed by atoms with van der Waals surface area (Å²) in [7, 11) is 0. The maximum absolute atomic E-state index is 13.8. The highest BCUT2D eigenvalue weighted by Gasteiger charge is 2.35. The van der Waals surface area contributed by atoms with Gasteiger partial charge in [0.25, 0.3) is 0 Å². The second kappa shape index (κ2) is 7.80. The zero-order valence-electron chi connectivity index (χ0n) is 16.7. The first-order valence-electron chi connectivity index (χ1n) is 9.51. The van der Waals surface area contributed by atoms with E-state index in [4.69, 9.17) is 0 Å². The predicted octanol–water partition coefficient (Wildman–Crippen LogP) is 6.89. The van der Waals surface area contributed by atoms with E-state index in [1.165, 1.54) is 10.6 Å². The molecule has 0 saturated heterocycles. The fraction of sp³-hybridized carbons (Fsp3) is 0.217. The van der Waals surface area contributed by atoms with E-state index in [2.05, 4.69) is 23.8 Å². The molecule has 4 rings (SSSR count). The molecule has 1 aromatic carbocycles. The summed E-state index contributed by atoms with van der Waals surface area (Å²) in [5, 5.41) is 0.451. The summed E-state index contributed by atoms with van der Waals surface area (Å²) in [6.07, 6.45) is 0.253. The number of hydrogen-bond donors (Lipinski definition) is 0. The van der Waals surface area contributed by atoms with Gasteiger partial charge in [0.05, 0.1) is 17.5 Å². The molecule has 3 nitrogen and oxygen atoms in total. The lowest BCUT2D eigenvalue weighted by molar-refractivity contribution is -0.136. The molecule has 0 aliphatic carbocycles. The number of aromatic nitrogens is 3. The van der Waals surface area contributed by atoms with Crippen molar-refractivity contribution >= 4 is 17.4 Å². The summed E-state index contributed by atoms with van der Waals surface area (Å²) in [5.74, 6) is 0. The van der Waals surface area contributed by atoms with Crippen LogP contribution in [0.1, 0.15) is 25.1 Å². The number of fused-ring (bicyclic) bond motifs is 1. The van der Waals surface area contributed by atoms with Crippen LogP contribution >= 0.6 is 11.8 Å². The molecule has 0 aliphatic rings. The van der Waals surface area contributed by atoms with Crippen LogP contribution in [-0.4, -0.2) is 19.6 Å². The molecule has 3 aromatic heterocycles. The number of nitrogens with zero attached hydrogens (tertiary/aromatic N) is 3. The molecule has 0 bridgehead atoms. The minimum atomic E-state index is -4.52. The molecular weight excluding hydrogens is 407 g/mol. The van der Waals surface area contributed by atoms with Crippen LogP contribution in [0.25, 0.3) is 28.0 Å². The maximum Gasteiger partial charge on any atom is 0.420 e. The molecule has 4 aromatic rings. The molecule has 0 aliphatic heterocycles. The van der Waals surface area contributed by atoms with Crippen molar-refractivity contribution in [2.24, 2.45) is 0 Å². The molecule has 3 heterocycles. The lowest BCUT2D eigenvalue weighted by atomic mass is 10.1. The van der Waals surface area contributed by atoms with Crippen molar-refractivity contribution in [3.8, 4) is 22.4 Å². The Balaban J connectivity index is 1.88. The number of rotatable bonds is 4. The largest absolute Gasteiger partial charge is 0.420 e. The van der Waals surface area contributed by atoms with Crippen molar-refractivity contribution in [1.29, 1.82) is 0 Å². The monoisotopic (exact) mass is 427 g/mol. The first-order valence-corrected chi connectivity index (χ1v) is 10.4. The van der Waals surface area contributed by atoms with Crippen molar-refractivity contribution < 1.29 is 13.2 Å². The molecule has 0 spiro atoms. The molecule has 0 amide bonds. The third-order valence-electron chi connectivity index (χ3n) is 4.68. The Bertz CT molecular complexity index is 1180. The van der Waals surface area contributed by atoms with Gasteiger partial charge < -0.3 is 0 Å². The SMILES string of the molecule is Cc1ccc(-c2cc(C(F)(F)F)c3ncc(-c4ccc(SC(C)C)cc4)n3c2)cn1. The fourth-order valence-corrected chi connectivity index (χ4v) is 4.12. The van der Waals surface area contributed by atoms with Crippen LogP contribution < -0.4 is 0 Å². The average molecular weight is 427 g/mol. The van der Waals surface area contributed by atoms with Crippen molar-refractivity contribution in [2.75, 3.05) is 0 Å². The van der Waals surface area contributed by atoms with Gasteiger partial charge in [-0.25, -0.2) is 4.98 Å². The third-order valence-corrected chi connectivity index (χ3v) is 5.69. The molecule has 0 radical (unpaired) electrons. The second-order valence-electron chi connectivity index (χ2n) is 7.36. The summed E-state index contributed by atoms with van der Waals surface area (Å²) in [5.41, 5.74) is 2.41. The quantitative estimate of drug-likeness (QED) is 0.332. The third kappa shape index (κ3) is 4.07. The normalized spacial score (nSPS) is 12.1. The summed E-state index contributed by atoms with van der Waals surface area (Å²) < 4.78 is 42.9. The zero-order chi connectivity index (χ0) is 21.5. The van der Waals surface area contributed by atoms with E-state index in [-0.39, 0.29) is 5.65 Å². The van der Waals surface area contributed by atoms with Crippen LogP contribution in [0.15, 0.2) is 66.0 Å². The molecule has 7 heteroatoms. The number of aryl methyl sites for hydroxylation is 1. The highest BCUT2D eigenvalue weighted by Crippen LogP contribution is 2.37. The molecule has 0 N–H and O–H groups in total. The molecule has 0 unspecified atom stereocenters. The van der Waals surface area contributed by atoms with Gasteiger partial charge in [-0.05, 0) is 31.2 Å². The van der Waals surface area contributed by atoms with Gasteiger partial charge in [-0.3, -0.25) is 9.38 Å². The number of imidazole rings is 1. The van der Waals surface area contributed by atoms with Crippen molar-refractivity contribution in [3.05, 3.63) is 72.3 Å². The molecule has 0 saturated carbocycles. The van der Waals surface area contributed by atoms with Gasteiger partial charge in [0, 0.05) is 44.9 Å². The summed E-state index contributed by atoms with van der Waals surface area (Å²) in [6, 6.07) is 12.5. The van der Waals surface area contributed by atoms with E-state index in [0.717, 1.165) is 22.2 Å². The molecule has 30 heavy (non-hydrogen) atoms. The van der Waals surface area contributed by atoms with Crippen LogP contribution in [0, 0.1) is 6.92 Å². The Kier molecular flexibility index (Phi) is 5.32. The predicted molar refractivity (Wildman–Crippen MR) is 115 cm³/mol. The highest BCUT2D eigenvalue weighted by molar-refractivity contribution is 7.99. The van der Waals surface area contributed by atoms with Crippen LogP contribution in [0.3, 0.4) is 0 Å². The van der Waals surface area contributed by atoms with Crippen molar-refractivity contribution in [2.45, 2.75) is 37.1 Å². The Hall–Kier alpha value is -2.80. The van der Waals surface area contributed by atoms with Crippen molar-refractivity contribution in [3.63, 3.8) is 0 Å². The standard InChI is InChI=1S/C23H20F3N3S/c1-14(2)30-19-8-6-16(7-9-19)21-12-28-22-20(23(24,25)26)10-18(13-29(21)22)17-5-4-15(3)27-11-17/h4-14H,1-3H3. The molecule has 154 valence electrons. The van der Waals surface area contributed by atoms with Crippen molar-refractivity contribution in [1.82, 2.24) is 14.4 Å². The minimum Gasteiger partial charge on any atom is -0.299 e. The van der Waals surface area contributed by atoms with E-state index < -0.39 is 11.7 Å². The van der Waals surface area contributed by atoms with Gasteiger partial charge in [-0.2, -0.15) is 13.2 Å². The number of hydrogen-bond acceptors (Lipinski definition) is 3. The van der Waals surface area contributed by atoms with Gasteiger partial charge in [0.2, 0.25) is 0 Å². The van der Waals surface area contributed by atoms with Gasteiger partial charge in [0.15, 0.2) is 0 Å². The van der Waals surface area contributed by atoms with Crippen LogP contribution in [0.2, 0.25) is 0 Å². The average Bonchev–Trinajstić information content (AvgIpc) is 3.11. The van der Waals surface area contributed by atoms with Crippen LogP contribution in [0.5, 0.6) is 0 Å². The molecular formula is C23H20F3N3S. The Morgan fingerprint density at radius 2 is 1.60 bits per heavy atom. The van der Waals surface area contributed by atoms with E-state index in [1.54, 1.807) is 36.3 Å². The zero-order valence-corrected chi connectivity index (χ0v) is 17.6. The van der Waals surface area contributed by atoms with Crippen LogP contribution in [-0.2, 0) is 6.18 Å². The lowest BCUT2D eigenvalue weighted by Gasteiger charge is -2.13. The number of halogens is 3. The van der Waals surface area contributed by atoms with Gasteiger partial charge in [-0.15, -0.1) is 11.8 Å². The maximum atomic E-state index is 13.8. The van der Waals surface area contributed by atoms with E-state index in [1.807, 2.05) is 31.2 Å². The fourth-order valence-electron chi connectivity index (χ4n) is 3.28. The number of benzene rings is 1. The molecule has 0 fully saturated rings. The Labute approximate surface area is 177 Å². The van der Waals surface area contributed by atoms with Gasteiger partial charge >= 0.3 is 6.18 Å². The van der Waals surface area contributed by atoms with E-state index >= 15 is 0 Å². The van der Waals surface area contributed by atoms with Gasteiger partial charge in [0.1, 0.15) is 5.65 Å². The first kappa shape index (κ1) is 20.5. The first-order chi connectivity index (χ1) is 14.2. The molecule has 0 atom stereocenters. The smallest absolute Gasteiger partial charge is 0.299 e. The van der Waals surface area contributed by atoms with E-state index in [9.17, 15) is 13.2 Å². The second-order valence-corrected chi connectivity index (χ2v) is 9.01. The minimum absolute atomic E-state index is 0.109. The number of pyridine rings is 2.